The summed E-state index contributed by atoms with van der Waals surface area (Å²) in [6.07, 6.45) is 0.957. The molecule has 0 amide bonds. The maximum absolute atomic E-state index is 6.03. The van der Waals surface area contributed by atoms with E-state index < -0.39 is 0 Å². The molecule has 1 aromatic heterocycles. The Morgan fingerprint density at radius 1 is 1.35 bits per heavy atom. The quantitative estimate of drug-likeness (QED) is 0.793. The molecular formula is C11H17N3O3. The summed E-state index contributed by atoms with van der Waals surface area (Å²) in [5.41, 5.74) is 5.67. The standard InChI is InChI=1S/C11H17N3O3/c1-11(6-16-5-8(11)12)10-13-9(14-17-10)7-2-3-15-4-7/h7-8H,2-6,12H2,1H3. The van der Waals surface area contributed by atoms with E-state index in [0.29, 0.717) is 25.7 Å². The van der Waals surface area contributed by atoms with Crippen LogP contribution in [-0.4, -0.2) is 42.6 Å². The van der Waals surface area contributed by atoms with Crippen LogP contribution in [0.25, 0.3) is 0 Å². The molecule has 2 N–H and O–H groups in total. The Morgan fingerprint density at radius 3 is 2.88 bits per heavy atom. The molecule has 2 aliphatic heterocycles. The number of ether oxygens (including phenoxy) is 2. The van der Waals surface area contributed by atoms with Gasteiger partial charge in [-0.15, -0.1) is 0 Å². The van der Waals surface area contributed by atoms with Crippen molar-refractivity contribution in [1.82, 2.24) is 10.1 Å². The summed E-state index contributed by atoms with van der Waals surface area (Å²) in [6.45, 7) is 4.54. The van der Waals surface area contributed by atoms with Crippen molar-refractivity contribution in [3.63, 3.8) is 0 Å². The number of nitrogens with zero attached hydrogens (tertiary/aromatic N) is 2. The normalized spacial score (nSPS) is 37.8. The number of hydrogen-bond donors (Lipinski definition) is 1. The first-order valence-corrected chi connectivity index (χ1v) is 5.95. The highest BCUT2D eigenvalue weighted by molar-refractivity contribution is 5.12. The first-order valence-electron chi connectivity index (χ1n) is 5.95. The monoisotopic (exact) mass is 239 g/mol. The maximum atomic E-state index is 6.03. The third-order valence-electron chi connectivity index (χ3n) is 3.74. The van der Waals surface area contributed by atoms with Gasteiger partial charge >= 0.3 is 0 Å². The summed E-state index contributed by atoms with van der Waals surface area (Å²) < 4.78 is 16.1. The lowest BCUT2D eigenvalue weighted by Crippen LogP contribution is -2.42. The molecule has 3 rings (SSSR count). The third kappa shape index (κ3) is 1.76. The number of aromatic nitrogens is 2. The molecule has 6 nitrogen and oxygen atoms in total. The van der Waals surface area contributed by atoms with Gasteiger partial charge in [-0.3, -0.25) is 0 Å². The van der Waals surface area contributed by atoms with Crippen LogP contribution in [0.2, 0.25) is 0 Å². The highest BCUT2D eigenvalue weighted by atomic mass is 16.5. The number of nitrogens with two attached hydrogens (primary N) is 1. The molecule has 0 radical (unpaired) electrons. The molecule has 3 unspecified atom stereocenters. The number of hydrogen-bond acceptors (Lipinski definition) is 6. The molecule has 3 atom stereocenters. The lowest BCUT2D eigenvalue weighted by molar-refractivity contribution is 0.169. The summed E-state index contributed by atoms with van der Waals surface area (Å²) in [5.74, 6) is 1.58. The third-order valence-corrected chi connectivity index (χ3v) is 3.74. The molecule has 6 heteroatoms. The van der Waals surface area contributed by atoms with Crippen molar-refractivity contribution in [2.75, 3.05) is 26.4 Å². The summed E-state index contributed by atoms with van der Waals surface area (Å²) in [5, 5.41) is 4.05. The summed E-state index contributed by atoms with van der Waals surface area (Å²) in [6, 6.07) is -0.0874. The molecule has 2 saturated heterocycles. The van der Waals surface area contributed by atoms with E-state index in [4.69, 9.17) is 19.7 Å². The predicted molar refractivity (Wildman–Crippen MR) is 58.6 cm³/mol. The van der Waals surface area contributed by atoms with Crippen molar-refractivity contribution in [2.45, 2.75) is 30.7 Å². The fraction of sp³-hybridized carbons (Fsp3) is 0.818. The van der Waals surface area contributed by atoms with Crippen molar-refractivity contribution >= 4 is 0 Å². The predicted octanol–water partition coefficient (Wildman–Crippen LogP) is 0.189. The van der Waals surface area contributed by atoms with E-state index in [1.54, 1.807) is 0 Å². The molecule has 3 heterocycles. The maximum Gasteiger partial charge on any atom is 0.236 e. The minimum absolute atomic E-state index is 0.0874. The first kappa shape index (κ1) is 11.1. The van der Waals surface area contributed by atoms with Crippen molar-refractivity contribution in [3.05, 3.63) is 11.7 Å². The van der Waals surface area contributed by atoms with E-state index in [2.05, 4.69) is 10.1 Å². The molecule has 17 heavy (non-hydrogen) atoms. The Morgan fingerprint density at radius 2 is 2.24 bits per heavy atom. The molecule has 1 aromatic rings. The fourth-order valence-electron chi connectivity index (χ4n) is 2.28. The fourth-order valence-corrected chi connectivity index (χ4v) is 2.28. The highest BCUT2D eigenvalue weighted by Crippen LogP contribution is 2.32. The van der Waals surface area contributed by atoms with Crippen LogP contribution in [0.4, 0.5) is 0 Å². The van der Waals surface area contributed by atoms with Crippen LogP contribution in [0.1, 0.15) is 31.0 Å². The van der Waals surface area contributed by atoms with E-state index in [9.17, 15) is 0 Å². The van der Waals surface area contributed by atoms with Gasteiger partial charge in [0, 0.05) is 18.6 Å². The van der Waals surface area contributed by atoms with E-state index >= 15 is 0 Å². The number of rotatable bonds is 2. The minimum atomic E-state index is -0.356. The van der Waals surface area contributed by atoms with Crippen LogP contribution in [0.15, 0.2) is 4.52 Å². The van der Waals surface area contributed by atoms with Crippen LogP contribution >= 0.6 is 0 Å². The SMILES string of the molecule is CC1(c2nc(C3CCOC3)no2)COCC1N. The van der Waals surface area contributed by atoms with Gasteiger partial charge < -0.3 is 19.7 Å². The zero-order valence-electron chi connectivity index (χ0n) is 9.89. The van der Waals surface area contributed by atoms with E-state index in [1.807, 2.05) is 6.92 Å². The van der Waals surface area contributed by atoms with Gasteiger partial charge in [-0.25, -0.2) is 0 Å². The van der Waals surface area contributed by atoms with Gasteiger partial charge in [0.2, 0.25) is 5.89 Å². The molecule has 0 aliphatic carbocycles. The first-order chi connectivity index (χ1) is 8.20. The van der Waals surface area contributed by atoms with Gasteiger partial charge in [-0.05, 0) is 13.3 Å². The average Bonchev–Trinajstić information content (AvgIpc) is 3.01. The molecule has 0 aromatic carbocycles. The van der Waals surface area contributed by atoms with Gasteiger partial charge in [0.05, 0.1) is 25.2 Å². The zero-order valence-corrected chi connectivity index (χ0v) is 9.89. The zero-order chi connectivity index (χ0) is 11.9. The Kier molecular flexibility index (Phi) is 2.65. The largest absolute Gasteiger partial charge is 0.381 e. The van der Waals surface area contributed by atoms with Crippen LogP contribution in [0.3, 0.4) is 0 Å². The van der Waals surface area contributed by atoms with Crippen LogP contribution in [-0.2, 0) is 14.9 Å². The van der Waals surface area contributed by atoms with E-state index in [0.717, 1.165) is 18.9 Å². The summed E-state index contributed by atoms with van der Waals surface area (Å²) >= 11 is 0. The molecule has 0 bridgehead atoms. The van der Waals surface area contributed by atoms with Gasteiger partial charge in [0.15, 0.2) is 5.82 Å². The molecule has 0 saturated carbocycles. The highest BCUT2D eigenvalue weighted by Gasteiger charge is 2.44. The summed E-state index contributed by atoms with van der Waals surface area (Å²) in [4.78, 5) is 4.48. The topological polar surface area (TPSA) is 83.4 Å². The second-order valence-corrected chi connectivity index (χ2v) is 5.06. The van der Waals surface area contributed by atoms with Crippen molar-refractivity contribution in [2.24, 2.45) is 5.73 Å². The van der Waals surface area contributed by atoms with Gasteiger partial charge in [0.1, 0.15) is 0 Å². The van der Waals surface area contributed by atoms with Gasteiger partial charge in [0.25, 0.3) is 0 Å². The second kappa shape index (κ2) is 4.04. The minimum Gasteiger partial charge on any atom is -0.381 e. The van der Waals surface area contributed by atoms with Gasteiger partial charge in [-0.1, -0.05) is 5.16 Å². The van der Waals surface area contributed by atoms with Crippen molar-refractivity contribution in [1.29, 1.82) is 0 Å². The van der Waals surface area contributed by atoms with Crippen molar-refractivity contribution in [3.8, 4) is 0 Å². The summed E-state index contributed by atoms with van der Waals surface area (Å²) in [7, 11) is 0. The van der Waals surface area contributed by atoms with Gasteiger partial charge in [-0.2, -0.15) is 4.98 Å². The van der Waals surface area contributed by atoms with E-state index in [1.165, 1.54) is 0 Å². The van der Waals surface area contributed by atoms with Crippen LogP contribution in [0.5, 0.6) is 0 Å². The molecule has 0 spiro atoms. The Hall–Kier alpha value is -0.980. The molecular weight excluding hydrogens is 222 g/mol. The Bertz CT molecular complexity index is 402. The van der Waals surface area contributed by atoms with Crippen molar-refractivity contribution < 1.29 is 14.0 Å². The lowest BCUT2D eigenvalue weighted by atomic mass is 9.86. The smallest absolute Gasteiger partial charge is 0.236 e. The molecule has 2 fully saturated rings. The Balaban J connectivity index is 1.84. The Labute approximate surface area is 99.5 Å². The molecule has 94 valence electrons. The van der Waals surface area contributed by atoms with Crippen LogP contribution < -0.4 is 5.73 Å². The average molecular weight is 239 g/mol. The lowest BCUT2D eigenvalue weighted by Gasteiger charge is -2.21. The van der Waals surface area contributed by atoms with E-state index in [-0.39, 0.29) is 17.4 Å². The van der Waals surface area contributed by atoms with Crippen LogP contribution in [0, 0.1) is 0 Å². The second-order valence-electron chi connectivity index (χ2n) is 5.06. The molecule has 2 aliphatic rings.